The minimum atomic E-state index is -0.618. The number of carbonyl (C=O) groups excluding carboxylic acids is 1. The van der Waals surface area contributed by atoms with Crippen molar-refractivity contribution in [2.45, 2.75) is 44.8 Å². The number of amides is 1. The molecule has 1 aromatic heterocycles. The van der Waals surface area contributed by atoms with Gasteiger partial charge in [-0.3, -0.25) is 4.79 Å². The van der Waals surface area contributed by atoms with E-state index in [1.54, 1.807) is 17.8 Å². The number of aliphatic hydroxyl groups excluding tert-OH is 1. The van der Waals surface area contributed by atoms with Crippen molar-refractivity contribution < 1.29 is 9.90 Å². The molecule has 1 fully saturated rings. The molecule has 0 saturated carbocycles. The molecule has 0 spiro atoms. The van der Waals surface area contributed by atoms with Gasteiger partial charge in [-0.1, -0.05) is 11.3 Å². The maximum atomic E-state index is 12.6. The number of aryl methyl sites for hydroxylation is 2. The minimum absolute atomic E-state index is 0.0930. The highest BCUT2D eigenvalue weighted by atomic mass is 16.3. The predicted molar refractivity (Wildman–Crippen MR) is 88.7 cm³/mol. The maximum Gasteiger partial charge on any atom is 0.254 e. The molecule has 2 aliphatic rings. The van der Waals surface area contributed by atoms with E-state index in [0.717, 1.165) is 18.4 Å². The Balaban J connectivity index is 1.42. The number of benzene rings is 1. The van der Waals surface area contributed by atoms with Crippen LogP contribution in [0, 0.1) is 0 Å². The van der Waals surface area contributed by atoms with Crippen LogP contribution >= 0.6 is 0 Å². The molecular formula is C18H22N4O2. The van der Waals surface area contributed by atoms with E-state index in [2.05, 4.69) is 22.4 Å². The molecule has 1 saturated heterocycles. The van der Waals surface area contributed by atoms with Gasteiger partial charge in [0.05, 0.1) is 18.3 Å². The number of likely N-dealkylation sites (tertiary alicyclic amines) is 1. The quantitative estimate of drug-likeness (QED) is 0.935. The SMILES string of the molecule is CC(O)c1cn(C2CN(C(=O)c3ccc4c(c3)CCCC4)C2)nn1. The number of rotatable bonds is 3. The molecule has 126 valence electrons. The minimum Gasteiger partial charge on any atom is -0.387 e. The first-order chi connectivity index (χ1) is 11.6. The third kappa shape index (κ3) is 2.71. The Labute approximate surface area is 141 Å². The van der Waals surface area contributed by atoms with Crippen LogP contribution < -0.4 is 0 Å². The molecule has 1 aliphatic carbocycles. The molecule has 1 amide bonds. The van der Waals surface area contributed by atoms with E-state index in [1.807, 2.05) is 11.0 Å². The number of aliphatic hydroxyl groups is 1. The summed E-state index contributed by atoms with van der Waals surface area (Å²) in [6.07, 6.45) is 5.82. The average molecular weight is 326 g/mol. The normalized spacial score (nSPS) is 18.8. The molecule has 6 heteroatoms. The zero-order valence-corrected chi connectivity index (χ0v) is 13.9. The molecule has 1 unspecified atom stereocenters. The summed E-state index contributed by atoms with van der Waals surface area (Å²) in [4.78, 5) is 14.5. The molecule has 24 heavy (non-hydrogen) atoms. The molecule has 0 radical (unpaired) electrons. The summed E-state index contributed by atoms with van der Waals surface area (Å²) in [6, 6.07) is 6.30. The number of aromatic nitrogens is 3. The van der Waals surface area contributed by atoms with Crippen LogP contribution in [0.15, 0.2) is 24.4 Å². The highest BCUT2D eigenvalue weighted by Gasteiger charge is 2.33. The Hall–Kier alpha value is -2.21. The van der Waals surface area contributed by atoms with E-state index in [4.69, 9.17) is 0 Å². The van der Waals surface area contributed by atoms with Gasteiger partial charge < -0.3 is 10.0 Å². The van der Waals surface area contributed by atoms with Crippen LogP contribution in [-0.4, -0.2) is 44.0 Å². The van der Waals surface area contributed by atoms with Gasteiger partial charge in [0.2, 0.25) is 0 Å². The topological polar surface area (TPSA) is 71.2 Å². The van der Waals surface area contributed by atoms with Crippen molar-refractivity contribution in [3.05, 3.63) is 46.8 Å². The monoisotopic (exact) mass is 326 g/mol. The van der Waals surface area contributed by atoms with E-state index in [1.165, 1.54) is 24.0 Å². The summed E-state index contributed by atoms with van der Waals surface area (Å²) >= 11 is 0. The molecule has 1 N–H and O–H groups in total. The smallest absolute Gasteiger partial charge is 0.254 e. The standard InChI is InChI=1S/C18H22N4O2/c1-12(23)17-11-22(20-19-17)16-9-21(10-16)18(24)15-7-6-13-4-2-3-5-14(13)8-15/h6-8,11-12,16,23H,2-5,9-10H2,1H3. The third-order valence-corrected chi connectivity index (χ3v) is 5.08. The summed E-state index contributed by atoms with van der Waals surface area (Å²) in [5.74, 6) is 0.0930. The van der Waals surface area contributed by atoms with Gasteiger partial charge in [0.25, 0.3) is 5.91 Å². The van der Waals surface area contributed by atoms with Crippen LogP contribution in [-0.2, 0) is 12.8 Å². The second-order valence-corrected chi connectivity index (χ2v) is 6.85. The first-order valence-electron chi connectivity index (χ1n) is 8.62. The molecule has 0 bridgehead atoms. The lowest BCUT2D eigenvalue weighted by Crippen LogP contribution is -2.50. The van der Waals surface area contributed by atoms with Crippen LogP contribution in [0.4, 0.5) is 0 Å². The largest absolute Gasteiger partial charge is 0.387 e. The third-order valence-electron chi connectivity index (χ3n) is 5.08. The Morgan fingerprint density at radius 2 is 2.00 bits per heavy atom. The van der Waals surface area contributed by atoms with Gasteiger partial charge in [-0.25, -0.2) is 4.68 Å². The van der Waals surface area contributed by atoms with Crippen molar-refractivity contribution in [3.8, 4) is 0 Å². The summed E-state index contributed by atoms with van der Waals surface area (Å²) in [6.45, 7) is 2.94. The van der Waals surface area contributed by atoms with Gasteiger partial charge in [0.1, 0.15) is 5.69 Å². The predicted octanol–water partition coefficient (Wildman–Crippen LogP) is 1.91. The zero-order chi connectivity index (χ0) is 16.7. The lowest BCUT2D eigenvalue weighted by Gasteiger charge is -2.39. The van der Waals surface area contributed by atoms with Gasteiger partial charge in [-0.05, 0) is 55.9 Å². The van der Waals surface area contributed by atoms with E-state index >= 15 is 0 Å². The average Bonchev–Trinajstić information content (AvgIpc) is 3.03. The first-order valence-corrected chi connectivity index (χ1v) is 8.62. The molecular weight excluding hydrogens is 304 g/mol. The van der Waals surface area contributed by atoms with Gasteiger partial charge >= 0.3 is 0 Å². The summed E-state index contributed by atoms with van der Waals surface area (Å²) in [5.41, 5.74) is 4.08. The van der Waals surface area contributed by atoms with Crippen LogP contribution in [0.5, 0.6) is 0 Å². The lowest BCUT2D eigenvalue weighted by molar-refractivity contribution is 0.0498. The van der Waals surface area contributed by atoms with Crippen LogP contribution in [0.25, 0.3) is 0 Å². The van der Waals surface area contributed by atoms with E-state index in [9.17, 15) is 9.90 Å². The maximum absolute atomic E-state index is 12.6. The summed E-state index contributed by atoms with van der Waals surface area (Å²) < 4.78 is 1.75. The number of hydrogen-bond acceptors (Lipinski definition) is 4. The van der Waals surface area contributed by atoms with Crippen molar-refractivity contribution in [2.24, 2.45) is 0 Å². The second kappa shape index (κ2) is 6.02. The van der Waals surface area contributed by atoms with Gasteiger partial charge in [-0.2, -0.15) is 0 Å². The highest BCUT2D eigenvalue weighted by molar-refractivity contribution is 5.95. The Morgan fingerprint density at radius 1 is 1.25 bits per heavy atom. The molecule has 2 aromatic rings. The molecule has 1 atom stereocenters. The van der Waals surface area contributed by atoms with Crippen molar-refractivity contribution in [2.75, 3.05) is 13.1 Å². The first kappa shape index (κ1) is 15.3. The van der Waals surface area contributed by atoms with Gasteiger partial charge in [0.15, 0.2) is 0 Å². The zero-order valence-electron chi connectivity index (χ0n) is 13.9. The summed E-state index contributed by atoms with van der Waals surface area (Å²) in [5, 5.41) is 17.5. The van der Waals surface area contributed by atoms with Gasteiger partial charge in [0, 0.05) is 18.7 Å². The number of fused-ring (bicyclic) bond motifs is 1. The molecule has 1 aliphatic heterocycles. The Morgan fingerprint density at radius 3 is 2.71 bits per heavy atom. The van der Waals surface area contributed by atoms with E-state index in [0.29, 0.717) is 18.8 Å². The molecule has 1 aromatic carbocycles. The molecule has 2 heterocycles. The van der Waals surface area contributed by atoms with Crippen LogP contribution in [0.1, 0.15) is 59.1 Å². The number of nitrogens with zero attached hydrogens (tertiary/aromatic N) is 4. The summed E-state index contributed by atoms with van der Waals surface area (Å²) in [7, 11) is 0. The van der Waals surface area contributed by atoms with Gasteiger partial charge in [-0.15, -0.1) is 5.10 Å². The van der Waals surface area contributed by atoms with E-state index in [-0.39, 0.29) is 11.9 Å². The van der Waals surface area contributed by atoms with Crippen molar-refractivity contribution in [1.29, 1.82) is 0 Å². The van der Waals surface area contributed by atoms with Crippen molar-refractivity contribution in [1.82, 2.24) is 19.9 Å². The molecule has 6 nitrogen and oxygen atoms in total. The fourth-order valence-corrected chi connectivity index (χ4v) is 3.50. The second-order valence-electron chi connectivity index (χ2n) is 6.85. The van der Waals surface area contributed by atoms with Crippen LogP contribution in [0.2, 0.25) is 0 Å². The highest BCUT2D eigenvalue weighted by Crippen LogP contribution is 2.26. The number of hydrogen-bond donors (Lipinski definition) is 1. The number of carbonyl (C=O) groups is 1. The Kier molecular flexibility index (Phi) is 3.84. The lowest BCUT2D eigenvalue weighted by atomic mass is 9.90. The van der Waals surface area contributed by atoms with Crippen LogP contribution in [0.3, 0.4) is 0 Å². The Bertz CT molecular complexity index is 762. The van der Waals surface area contributed by atoms with Crippen molar-refractivity contribution in [3.63, 3.8) is 0 Å². The fourth-order valence-electron chi connectivity index (χ4n) is 3.50. The molecule has 4 rings (SSSR count). The van der Waals surface area contributed by atoms with E-state index < -0.39 is 6.10 Å². The fraction of sp³-hybridized carbons (Fsp3) is 0.500. The van der Waals surface area contributed by atoms with Crippen molar-refractivity contribution >= 4 is 5.91 Å².